The van der Waals surface area contributed by atoms with Crippen molar-refractivity contribution < 1.29 is 19.1 Å². The first-order valence-corrected chi connectivity index (χ1v) is 5.61. The van der Waals surface area contributed by atoms with Crippen LogP contribution in [0.25, 0.3) is 0 Å². The zero-order chi connectivity index (χ0) is 13.1. The maximum absolute atomic E-state index is 11.8. The van der Waals surface area contributed by atoms with E-state index >= 15 is 0 Å². The van der Waals surface area contributed by atoms with Crippen molar-refractivity contribution in [3.8, 4) is 5.75 Å². The number of rotatable bonds is 3. The van der Waals surface area contributed by atoms with Gasteiger partial charge in [-0.1, -0.05) is 12.1 Å². The lowest BCUT2D eigenvalue weighted by atomic mass is 10.1. The first-order valence-electron chi connectivity index (χ1n) is 5.61. The summed E-state index contributed by atoms with van der Waals surface area (Å²) in [4.78, 5) is 35.2. The topological polar surface area (TPSA) is 63.7 Å². The van der Waals surface area contributed by atoms with Gasteiger partial charge >= 0.3 is 5.97 Å². The number of carbonyl (C=O) groups is 3. The summed E-state index contributed by atoms with van der Waals surface area (Å²) in [6.07, 6.45) is 0.868. The molecule has 1 unspecified atom stereocenters. The molecule has 1 atom stereocenters. The van der Waals surface area contributed by atoms with Crippen molar-refractivity contribution >= 4 is 18.2 Å². The Balaban J connectivity index is 2.03. The number of hydrogen-bond donors (Lipinski definition) is 0. The predicted octanol–water partition coefficient (Wildman–Crippen LogP) is 0.883. The van der Waals surface area contributed by atoms with Crippen LogP contribution in [0.3, 0.4) is 0 Å². The summed E-state index contributed by atoms with van der Waals surface area (Å²) in [5.74, 6) is -0.594. The summed E-state index contributed by atoms with van der Waals surface area (Å²) in [6, 6.07) is 6.35. The van der Waals surface area contributed by atoms with Crippen LogP contribution in [0, 0.1) is 5.92 Å². The maximum Gasteiger partial charge on any atom is 0.316 e. The zero-order valence-corrected chi connectivity index (χ0v) is 9.96. The van der Waals surface area contributed by atoms with Crippen molar-refractivity contribution in [1.82, 2.24) is 4.90 Å². The lowest BCUT2D eigenvalue weighted by Crippen LogP contribution is -2.24. The van der Waals surface area contributed by atoms with Gasteiger partial charge in [0.25, 0.3) is 0 Å². The van der Waals surface area contributed by atoms with Gasteiger partial charge < -0.3 is 9.64 Å². The fraction of sp³-hybridized carbons (Fsp3) is 0.308. The van der Waals surface area contributed by atoms with Crippen molar-refractivity contribution in [2.45, 2.75) is 6.42 Å². The summed E-state index contributed by atoms with van der Waals surface area (Å²) in [5, 5.41) is 0. The summed E-state index contributed by atoms with van der Waals surface area (Å²) < 4.78 is 5.16. The molecule has 0 aliphatic carbocycles. The van der Waals surface area contributed by atoms with Gasteiger partial charge in [0.2, 0.25) is 5.91 Å². The van der Waals surface area contributed by atoms with Crippen molar-refractivity contribution in [1.29, 1.82) is 0 Å². The highest BCUT2D eigenvalue weighted by Crippen LogP contribution is 2.20. The van der Waals surface area contributed by atoms with E-state index in [4.69, 9.17) is 4.74 Å². The number of benzene rings is 1. The molecule has 0 radical (unpaired) electrons. The normalized spacial score (nSPS) is 18.8. The molecule has 1 heterocycles. The van der Waals surface area contributed by atoms with Gasteiger partial charge in [0.1, 0.15) is 12.0 Å². The Morgan fingerprint density at radius 2 is 2.28 bits per heavy atom. The van der Waals surface area contributed by atoms with E-state index in [1.807, 2.05) is 0 Å². The summed E-state index contributed by atoms with van der Waals surface area (Å²) in [5.41, 5.74) is 0.444. The monoisotopic (exact) mass is 247 g/mol. The molecule has 5 heteroatoms. The number of ether oxygens (including phenoxy) is 1. The summed E-state index contributed by atoms with van der Waals surface area (Å²) >= 11 is 0. The molecule has 1 aliphatic rings. The second-order valence-corrected chi connectivity index (χ2v) is 4.29. The van der Waals surface area contributed by atoms with Crippen molar-refractivity contribution in [2.24, 2.45) is 5.92 Å². The molecule has 1 saturated heterocycles. The van der Waals surface area contributed by atoms with Crippen LogP contribution in [0.2, 0.25) is 0 Å². The molecule has 0 bridgehead atoms. The molecule has 1 aromatic rings. The number of likely N-dealkylation sites (tertiary alicyclic amines) is 1. The number of amides is 1. The minimum Gasteiger partial charge on any atom is -0.426 e. The Bertz CT molecular complexity index is 498. The molecule has 1 aromatic carbocycles. The quantitative estimate of drug-likeness (QED) is 0.452. The van der Waals surface area contributed by atoms with Gasteiger partial charge in [-0.05, 0) is 12.1 Å². The fourth-order valence-electron chi connectivity index (χ4n) is 1.87. The van der Waals surface area contributed by atoms with Gasteiger partial charge in [-0.25, -0.2) is 0 Å². The molecule has 0 aromatic heterocycles. The molecule has 1 aliphatic heterocycles. The van der Waals surface area contributed by atoms with E-state index in [0.29, 0.717) is 24.1 Å². The Morgan fingerprint density at radius 1 is 1.50 bits per heavy atom. The SMILES string of the molecule is CN1CC(C(=O)Oc2cccc(C=O)c2)CC1=O. The Labute approximate surface area is 104 Å². The van der Waals surface area contributed by atoms with Crippen LogP contribution in [0.4, 0.5) is 0 Å². The second-order valence-electron chi connectivity index (χ2n) is 4.29. The highest BCUT2D eigenvalue weighted by molar-refractivity contribution is 5.87. The van der Waals surface area contributed by atoms with E-state index in [2.05, 4.69) is 0 Å². The Kier molecular flexibility index (Phi) is 3.41. The number of aldehydes is 1. The molecular weight excluding hydrogens is 234 g/mol. The minimum atomic E-state index is -0.434. The van der Waals surface area contributed by atoms with Gasteiger partial charge in [-0.2, -0.15) is 0 Å². The average molecular weight is 247 g/mol. The lowest BCUT2D eigenvalue weighted by Gasteiger charge is -2.10. The average Bonchev–Trinajstić information content (AvgIpc) is 2.70. The zero-order valence-electron chi connectivity index (χ0n) is 9.96. The Hall–Kier alpha value is -2.17. The molecule has 0 saturated carbocycles. The highest BCUT2D eigenvalue weighted by atomic mass is 16.5. The molecule has 1 fully saturated rings. The molecule has 0 N–H and O–H groups in total. The summed E-state index contributed by atoms with van der Waals surface area (Å²) in [6.45, 7) is 0.380. The number of carbonyl (C=O) groups excluding carboxylic acids is 3. The molecule has 94 valence electrons. The molecule has 18 heavy (non-hydrogen) atoms. The van der Waals surface area contributed by atoms with Crippen molar-refractivity contribution in [2.75, 3.05) is 13.6 Å². The first kappa shape index (κ1) is 12.3. The van der Waals surface area contributed by atoms with Gasteiger partial charge in [-0.3, -0.25) is 14.4 Å². The van der Waals surface area contributed by atoms with Crippen LogP contribution < -0.4 is 4.74 Å². The van der Waals surface area contributed by atoms with Gasteiger partial charge in [0.15, 0.2) is 0 Å². The van der Waals surface area contributed by atoms with Crippen LogP contribution in [0.15, 0.2) is 24.3 Å². The lowest BCUT2D eigenvalue weighted by molar-refractivity contribution is -0.139. The smallest absolute Gasteiger partial charge is 0.316 e. The van der Waals surface area contributed by atoms with Gasteiger partial charge in [-0.15, -0.1) is 0 Å². The second kappa shape index (κ2) is 5.00. The van der Waals surface area contributed by atoms with Gasteiger partial charge in [0, 0.05) is 25.6 Å². The molecule has 5 nitrogen and oxygen atoms in total. The van der Waals surface area contributed by atoms with E-state index in [1.165, 1.54) is 11.0 Å². The van der Waals surface area contributed by atoms with E-state index in [0.717, 1.165) is 0 Å². The third-order valence-electron chi connectivity index (χ3n) is 2.89. The summed E-state index contributed by atoms with van der Waals surface area (Å²) in [7, 11) is 1.66. The fourth-order valence-corrected chi connectivity index (χ4v) is 1.87. The van der Waals surface area contributed by atoms with Crippen LogP contribution in [-0.2, 0) is 9.59 Å². The van der Waals surface area contributed by atoms with E-state index in [1.54, 1.807) is 25.2 Å². The Morgan fingerprint density at radius 3 is 2.89 bits per heavy atom. The molecule has 1 amide bonds. The molecule has 0 spiro atoms. The van der Waals surface area contributed by atoms with Gasteiger partial charge in [0.05, 0.1) is 5.92 Å². The van der Waals surface area contributed by atoms with Crippen molar-refractivity contribution in [3.63, 3.8) is 0 Å². The minimum absolute atomic E-state index is 0.0569. The van der Waals surface area contributed by atoms with E-state index < -0.39 is 11.9 Å². The largest absolute Gasteiger partial charge is 0.426 e. The van der Waals surface area contributed by atoms with E-state index in [9.17, 15) is 14.4 Å². The third kappa shape index (κ3) is 2.56. The number of nitrogens with zero attached hydrogens (tertiary/aromatic N) is 1. The van der Waals surface area contributed by atoms with E-state index in [-0.39, 0.29) is 12.3 Å². The van der Waals surface area contributed by atoms with Crippen molar-refractivity contribution in [3.05, 3.63) is 29.8 Å². The first-order chi connectivity index (χ1) is 8.60. The third-order valence-corrected chi connectivity index (χ3v) is 2.89. The standard InChI is InChI=1S/C13H13NO4/c1-14-7-10(6-12(14)16)13(17)18-11-4-2-3-9(5-11)8-15/h2-5,8,10H,6-7H2,1H3. The number of hydrogen-bond acceptors (Lipinski definition) is 4. The van der Waals surface area contributed by atoms with Crippen LogP contribution >= 0.6 is 0 Å². The number of esters is 1. The van der Waals surface area contributed by atoms with Crippen LogP contribution in [-0.4, -0.2) is 36.7 Å². The molecular formula is C13H13NO4. The predicted molar refractivity (Wildman–Crippen MR) is 63.2 cm³/mol. The maximum atomic E-state index is 11.8. The highest BCUT2D eigenvalue weighted by Gasteiger charge is 2.33. The van der Waals surface area contributed by atoms with Crippen LogP contribution in [0.1, 0.15) is 16.8 Å². The van der Waals surface area contributed by atoms with Crippen LogP contribution in [0.5, 0.6) is 5.75 Å². The molecule has 2 rings (SSSR count).